The summed E-state index contributed by atoms with van der Waals surface area (Å²) in [5.74, 6) is 0. The summed E-state index contributed by atoms with van der Waals surface area (Å²) >= 11 is 0. The number of piperidine rings is 1. The molecule has 0 amide bonds. The molecule has 1 fully saturated rings. The molecule has 29 heavy (non-hydrogen) atoms. The SMILES string of the molecule is CCc1c(-c2ccc[nH]2)[nH]c(C=NC2CCN(Cc3ccccc3)CC2)c1C.Cl. The van der Waals surface area contributed by atoms with E-state index in [1.807, 2.05) is 12.3 Å². The largest absolute Gasteiger partial charge is 0.360 e. The van der Waals surface area contributed by atoms with Crippen LogP contribution in [0.25, 0.3) is 11.4 Å². The Morgan fingerprint density at radius 1 is 1.10 bits per heavy atom. The minimum Gasteiger partial charge on any atom is -0.360 e. The van der Waals surface area contributed by atoms with E-state index in [2.05, 4.69) is 71.3 Å². The van der Waals surface area contributed by atoms with Crippen LogP contribution in [-0.4, -0.2) is 40.2 Å². The molecule has 1 aliphatic heterocycles. The molecule has 1 saturated heterocycles. The number of aromatic amines is 2. The fourth-order valence-electron chi connectivity index (χ4n) is 4.19. The maximum Gasteiger partial charge on any atom is 0.0659 e. The Morgan fingerprint density at radius 3 is 2.52 bits per heavy atom. The van der Waals surface area contributed by atoms with E-state index in [0.29, 0.717) is 6.04 Å². The molecule has 0 bridgehead atoms. The lowest BCUT2D eigenvalue weighted by Crippen LogP contribution is -2.34. The Kier molecular flexibility index (Phi) is 7.34. The monoisotopic (exact) mass is 410 g/mol. The van der Waals surface area contributed by atoms with Gasteiger partial charge in [0.15, 0.2) is 0 Å². The quantitative estimate of drug-likeness (QED) is 0.526. The van der Waals surface area contributed by atoms with Gasteiger partial charge in [0.1, 0.15) is 0 Å². The summed E-state index contributed by atoms with van der Waals surface area (Å²) in [5.41, 5.74) is 7.58. The van der Waals surface area contributed by atoms with E-state index in [4.69, 9.17) is 4.99 Å². The van der Waals surface area contributed by atoms with Crippen molar-refractivity contribution in [1.82, 2.24) is 14.9 Å². The van der Waals surface area contributed by atoms with Crippen LogP contribution in [-0.2, 0) is 13.0 Å². The molecule has 3 aromatic rings. The molecule has 1 aliphatic rings. The summed E-state index contributed by atoms with van der Waals surface area (Å²) in [6.45, 7) is 7.70. The molecule has 0 unspecified atom stereocenters. The zero-order valence-electron chi connectivity index (χ0n) is 17.3. The minimum atomic E-state index is 0. The summed E-state index contributed by atoms with van der Waals surface area (Å²) in [4.78, 5) is 14.4. The summed E-state index contributed by atoms with van der Waals surface area (Å²) in [6, 6.07) is 15.3. The van der Waals surface area contributed by atoms with Crippen LogP contribution in [0.3, 0.4) is 0 Å². The number of nitrogens with one attached hydrogen (secondary N) is 2. The number of halogens is 1. The molecule has 154 valence electrons. The first-order chi connectivity index (χ1) is 13.7. The molecule has 2 aromatic heterocycles. The molecular weight excluding hydrogens is 380 g/mol. The molecule has 0 spiro atoms. The van der Waals surface area contributed by atoms with Gasteiger partial charge in [-0.3, -0.25) is 9.89 Å². The van der Waals surface area contributed by atoms with Crippen molar-refractivity contribution in [3.05, 3.63) is 71.0 Å². The van der Waals surface area contributed by atoms with E-state index >= 15 is 0 Å². The number of hydrogen-bond acceptors (Lipinski definition) is 2. The van der Waals surface area contributed by atoms with E-state index in [1.54, 1.807) is 0 Å². The molecule has 1 aromatic carbocycles. The van der Waals surface area contributed by atoms with E-state index in [9.17, 15) is 0 Å². The molecule has 4 rings (SSSR count). The molecule has 3 heterocycles. The van der Waals surface area contributed by atoms with Crippen molar-refractivity contribution in [2.75, 3.05) is 13.1 Å². The van der Waals surface area contributed by atoms with E-state index in [0.717, 1.165) is 50.3 Å². The zero-order chi connectivity index (χ0) is 19.3. The van der Waals surface area contributed by atoms with Crippen LogP contribution in [0.1, 0.15) is 42.1 Å². The molecule has 5 heteroatoms. The standard InChI is InChI=1S/C24H30N4.ClH/c1-3-21-18(2)23(27-24(21)22-10-7-13-25-22)16-26-20-11-14-28(15-12-20)17-19-8-5-4-6-9-19;/h4-10,13,16,20,25,27H,3,11-12,14-15,17H2,1-2H3;1H. The number of aliphatic imine (C=N–C) groups is 1. The average Bonchev–Trinajstić information content (AvgIpc) is 3.36. The maximum atomic E-state index is 4.93. The normalized spacial score (nSPS) is 15.7. The lowest BCUT2D eigenvalue weighted by molar-refractivity contribution is 0.206. The first-order valence-corrected chi connectivity index (χ1v) is 10.4. The van der Waals surface area contributed by atoms with Crippen LogP contribution in [0.4, 0.5) is 0 Å². The van der Waals surface area contributed by atoms with Gasteiger partial charge in [-0.2, -0.15) is 0 Å². The molecule has 0 radical (unpaired) electrons. The van der Waals surface area contributed by atoms with Gasteiger partial charge in [-0.05, 0) is 55.0 Å². The highest BCUT2D eigenvalue weighted by molar-refractivity contribution is 5.85. The topological polar surface area (TPSA) is 47.2 Å². The first kappa shape index (κ1) is 21.4. The van der Waals surface area contributed by atoms with Crippen LogP contribution in [0.15, 0.2) is 53.7 Å². The van der Waals surface area contributed by atoms with Crippen LogP contribution in [0.5, 0.6) is 0 Å². The van der Waals surface area contributed by atoms with Crippen molar-refractivity contribution in [2.24, 2.45) is 4.99 Å². The lowest BCUT2D eigenvalue weighted by Gasteiger charge is -2.30. The first-order valence-electron chi connectivity index (χ1n) is 10.4. The molecule has 0 atom stereocenters. The van der Waals surface area contributed by atoms with E-state index in [1.165, 1.54) is 22.4 Å². The van der Waals surface area contributed by atoms with Gasteiger partial charge in [-0.15, -0.1) is 12.4 Å². The van der Waals surface area contributed by atoms with Gasteiger partial charge in [0.2, 0.25) is 0 Å². The second-order valence-corrected chi connectivity index (χ2v) is 7.73. The third kappa shape index (κ3) is 5.01. The number of H-pyrrole nitrogens is 2. The molecular formula is C24H31ClN4. The average molecular weight is 411 g/mol. The third-order valence-corrected chi connectivity index (χ3v) is 5.86. The fraction of sp³-hybridized carbons (Fsp3) is 0.375. The number of aromatic nitrogens is 2. The number of hydrogen-bond donors (Lipinski definition) is 2. The van der Waals surface area contributed by atoms with Crippen LogP contribution < -0.4 is 0 Å². The smallest absolute Gasteiger partial charge is 0.0659 e. The maximum absolute atomic E-state index is 4.93. The Morgan fingerprint density at radius 2 is 1.86 bits per heavy atom. The Balaban J connectivity index is 0.00000240. The van der Waals surface area contributed by atoms with E-state index < -0.39 is 0 Å². The molecule has 0 saturated carbocycles. The van der Waals surface area contributed by atoms with Crippen LogP contribution in [0.2, 0.25) is 0 Å². The third-order valence-electron chi connectivity index (χ3n) is 5.86. The minimum absolute atomic E-state index is 0. The van der Waals surface area contributed by atoms with Crippen LogP contribution >= 0.6 is 12.4 Å². The predicted molar refractivity (Wildman–Crippen MR) is 124 cm³/mol. The lowest BCUT2D eigenvalue weighted by atomic mass is 10.0. The summed E-state index contributed by atoms with van der Waals surface area (Å²) in [6.07, 6.45) is 7.32. The number of nitrogens with zero attached hydrogens (tertiary/aromatic N) is 2. The van der Waals surface area contributed by atoms with Crippen molar-refractivity contribution in [3.8, 4) is 11.4 Å². The van der Waals surface area contributed by atoms with Gasteiger partial charge in [0.25, 0.3) is 0 Å². The Labute approximate surface area is 179 Å². The highest BCUT2D eigenvalue weighted by Gasteiger charge is 2.19. The number of benzene rings is 1. The zero-order valence-corrected chi connectivity index (χ0v) is 18.1. The summed E-state index contributed by atoms with van der Waals surface area (Å²) < 4.78 is 0. The number of rotatable bonds is 6. The fourth-order valence-corrected chi connectivity index (χ4v) is 4.19. The van der Waals surface area contributed by atoms with Gasteiger partial charge in [-0.1, -0.05) is 37.3 Å². The van der Waals surface area contributed by atoms with Crippen molar-refractivity contribution >= 4 is 18.6 Å². The van der Waals surface area contributed by atoms with Crippen LogP contribution in [0, 0.1) is 6.92 Å². The second-order valence-electron chi connectivity index (χ2n) is 7.73. The van der Waals surface area contributed by atoms with Crippen molar-refractivity contribution in [2.45, 2.75) is 45.7 Å². The molecule has 4 nitrogen and oxygen atoms in total. The highest BCUT2D eigenvalue weighted by atomic mass is 35.5. The van der Waals surface area contributed by atoms with Crippen molar-refractivity contribution < 1.29 is 0 Å². The highest BCUT2D eigenvalue weighted by Crippen LogP contribution is 2.27. The summed E-state index contributed by atoms with van der Waals surface area (Å²) in [5, 5.41) is 0. The Bertz CT molecular complexity index is 904. The van der Waals surface area contributed by atoms with Gasteiger partial charge < -0.3 is 9.97 Å². The van der Waals surface area contributed by atoms with E-state index in [-0.39, 0.29) is 12.4 Å². The number of likely N-dealkylation sites (tertiary alicyclic amines) is 1. The Hall–Kier alpha value is -2.30. The predicted octanol–water partition coefficient (Wildman–Crippen LogP) is 5.39. The van der Waals surface area contributed by atoms with Crippen molar-refractivity contribution in [1.29, 1.82) is 0 Å². The second kappa shape index (κ2) is 9.95. The van der Waals surface area contributed by atoms with Gasteiger partial charge in [0, 0.05) is 32.0 Å². The summed E-state index contributed by atoms with van der Waals surface area (Å²) in [7, 11) is 0. The van der Waals surface area contributed by atoms with Gasteiger partial charge >= 0.3 is 0 Å². The van der Waals surface area contributed by atoms with Gasteiger partial charge in [0.05, 0.1) is 23.1 Å². The van der Waals surface area contributed by atoms with Crippen molar-refractivity contribution in [3.63, 3.8) is 0 Å². The molecule has 0 aliphatic carbocycles. The molecule has 2 N–H and O–H groups in total. The van der Waals surface area contributed by atoms with Gasteiger partial charge in [-0.25, -0.2) is 0 Å².